The number of aromatic nitrogens is 2. The summed E-state index contributed by atoms with van der Waals surface area (Å²) < 4.78 is 16.2. The smallest absolute Gasteiger partial charge is 0.277 e. The summed E-state index contributed by atoms with van der Waals surface area (Å²) in [5.41, 5.74) is 0.709. The summed E-state index contributed by atoms with van der Waals surface area (Å²) >= 11 is 1.28. The molecule has 1 fully saturated rings. The molecule has 0 N–H and O–H groups in total. The molecule has 7 nitrogen and oxygen atoms in total. The van der Waals surface area contributed by atoms with Gasteiger partial charge in [-0.05, 0) is 25.0 Å². The predicted octanol–water partition coefficient (Wildman–Crippen LogP) is 3.64. The molecular formula is C19H25N3O4S. The zero-order valence-electron chi connectivity index (χ0n) is 15.8. The van der Waals surface area contributed by atoms with Gasteiger partial charge in [-0.15, -0.1) is 10.2 Å². The van der Waals surface area contributed by atoms with Crippen LogP contribution >= 0.6 is 11.8 Å². The zero-order valence-corrected chi connectivity index (χ0v) is 16.6. The van der Waals surface area contributed by atoms with Crippen molar-refractivity contribution >= 4 is 17.7 Å². The topological polar surface area (TPSA) is 77.7 Å². The van der Waals surface area contributed by atoms with Crippen molar-refractivity contribution in [3.8, 4) is 23.0 Å². The van der Waals surface area contributed by atoms with Gasteiger partial charge < -0.3 is 18.8 Å². The lowest BCUT2D eigenvalue weighted by atomic mass is 10.1. The first-order valence-electron chi connectivity index (χ1n) is 9.17. The molecule has 1 aliphatic rings. The molecular weight excluding hydrogens is 366 g/mol. The molecule has 27 heavy (non-hydrogen) atoms. The van der Waals surface area contributed by atoms with E-state index < -0.39 is 0 Å². The minimum Gasteiger partial charge on any atom is -0.497 e. The van der Waals surface area contributed by atoms with Crippen molar-refractivity contribution in [1.29, 1.82) is 0 Å². The van der Waals surface area contributed by atoms with Gasteiger partial charge in [-0.2, -0.15) is 0 Å². The Labute approximate surface area is 163 Å². The number of methoxy groups -OCH3 is 2. The average molecular weight is 391 g/mol. The van der Waals surface area contributed by atoms with Gasteiger partial charge in [-0.1, -0.05) is 31.0 Å². The lowest BCUT2D eigenvalue weighted by Gasteiger charge is -2.24. The molecule has 0 aliphatic carbocycles. The van der Waals surface area contributed by atoms with Gasteiger partial charge in [0.25, 0.3) is 5.22 Å². The summed E-state index contributed by atoms with van der Waals surface area (Å²) in [5, 5.41) is 8.51. The number of benzene rings is 1. The predicted molar refractivity (Wildman–Crippen MR) is 103 cm³/mol. The highest BCUT2D eigenvalue weighted by Gasteiger charge is 2.17. The molecule has 2 aromatic rings. The van der Waals surface area contributed by atoms with Crippen molar-refractivity contribution in [2.24, 2.45) is 0 Å². The van der Waals surface area contributed by atoms with Crippen LogP contribution in [0.3, 0.4) is 0 Å². The molecule has 0 saturated carbocycles. The Hall–Kier alpha value is -2.22. The van der Waals surface area contributed by atoms with Crippen molar-refractivity contribution in [2.75, 3.05) is 33.1 Å². The second kappa shape index (κ2) is 9.64. The van der Waals surface area contributed by atoms with Gasteiger partial charge in [-0.3, -0.25) is 4.79 Å². The van der Waals surface area contributed by atoms with Crippen LogP contribution in [0.1, 0.15) is 32.1 Å². The molecule has 1 saturated heterocycles. The lowest BCUT2D eigenvalue weighted by Crippen LogP contribution is -2.35. The summed E-state index contributed by atoms with van der Waals surface area (Å²) in [4.78, 5) is 14.4. The van der Waals surface area contributed by atoms with Crippen LogP contribution in [0.25, 0.3) is 11.5 Å². The molecule has 3 rings (SSSR count). The number of nitrogens with zero attached hydrogens (tertiary/aromatic N) is 3. The molecule has 1 amide bonds. The van der Waals surface area contributed by atoms with Crippen molar-refractivity contribution in [2.45, 2.75) is 37.3 Å². The summed E-state index contributed by atoms with van der Waals surface area (Å²) in [6.45, 7) is 1.69. The quantitative estimate of drug-likeness (QED) is 0.696. The standard InChI is InChI=1S/C19H25N3O4S/c1-24-15-10-14(11-16(12-15)25-2)18-20-21-19(26-18)27-13-17(23)22-8-6-4-3-5-7-9-22/h10-12H,3-9,13H2,1-2H3. The summed E-state index contributed by atoms with van der Waals surface area (Å²) in [5.74, 6) is 2.09. The Kier molecular flexibility index (Phi) is 6.98. The summed E-state index contributed by atoms with van der Waals surface area (Å²) in [6.07, 6.45) is 5.84. The first-order valence-corrected chi connectivity index (χ1v) is 10.2. The minimum atomic E-state index is 0.129. The van der Waals surface area contributed by atoms with E-state index in [1.165, 1.54) is 31.0 Å². The zero-order chi connectivity index (χ0) is 19.1. The fourth-order valence-corrected chi connectivity index (χ4v) is 3.69. The Morgan fingerprint density at radius 3 is 2.30 bits per heavy atom. The van der Waals surface area contributed by atoms with Crippen molar-refractivity contribution < 1.29 is 18.7 Å². The maximum atomic E-state index is 12.5. The van der Waals surface area contributed by atoms with Crippen LogP contribution in [-0.2, 0) is 4.79 Å². The number of likely N-dealkylation sites (tertiary alicyclic amines) is 1. The number of hydrogen-bond acceptors (Lipinski definition) is 7. The maximum absolute atomic E-state index is 12.5. The highest BCUT2D eigenvalue weighted by atomic mass is 32.2. The molecule has 1 aliphatic heterocycles. The number of carbonyl (C=O) groups excluding carboxylic acids is 1. The van der Waals surface area contributed by atoms with Crippen molar-refractivity contribution in [1.82, 2.24) is 15.1 Å². The molecule has 2 heterocycles. The molecule has 0 radical (unpaired) electrons. The van der Waals surface area contributed by atoms with Gasteiger partial charge in [0.15, 0.2) is 0 Å². The molecule has 1 aromatic heterocycles. The van der Waals surface area contributed by atoms with Gasteiger partial charge in [0, 0.05) is 24.7 Å². The van der Waals surface area contributed by atoms with E-state index in [-0.39, 0.29) is 5.91 Å². The second-order valence-corrected chi connectivity index (χ2v) is 7.34. The van der Waals surface area contributed by atoms with Crippen LogP contribution in [-0.4, -0.2) is 54.1 Å². The van der Waals surface area contributed by atoms with E-state index in [1.54, 1.807) is 32.4 Å². The van der Waals surface area contributed by atoms with E-state index in [1.807, 2.05) is 4.90 Å². The van der Waals surface area contributed by atoms with Gasteiger partial charge in [0.1, 0.15) is 11.5 Å². The van der Waals surface area contributed by atoms with Crippen LogP contribution in [0, 0.1) is 0 Å². The highest BCUT2D eigenvalue weighted by molar-refractivity contribution is 7.99. The normalized spacial score (nSPS) is 15.1. The van der Waals surface area contributed by atoms with Crippen molar-refractivity contribution in [3.05, 3.63) is 18.2 Å². The number of amides is 1. The Morgan fingerprint density at radius 1 is 1.04 bits per heavy atom. The number of carbonyl (C=O) groups is 1. The van der Waals surface area contributed by atoms with E-state index in [9.17, 15) is 4.79 Å². The lowest BCUT2D eigenvalue weighted by molar-refractivity contribution is -0.128. The van der Waals surface area contributed by atoms with Gasteiger partial charge in [0.05, 0.1) is 20.0 Å². The second-order valence-electron chi connectivity index (χ2n) is 6.41. The monoisotopic (exact) mass is 391 g/mol. The average Bonchev–Trinajstić information content (AvgIpc) is 3.14. The molecule has 146 valence electrons. The van der Waals surface area contributed by atoms with E-state index in [0.717, 1.165) is 25.9 Å². The number of hydrogen-bond donors (Lipinski definition) is 0. The SMILES string of the molecule is COc1cc(OC)cc(-c2nnc(SCC(=O)N3CCCCCCC3)o2)c1. The van der Waals surface area contributed by atoms with Crippen LogP contribution in [0.15, 0.2) is 27.8 Å². The van der Waals surface area contributed by atoms with Gasteiger partial charge >= 0.3 is 0 Å². The third-order valence-electron chi connectivity index (χ3n) is 4.53. The van der Waals surface area contributed by atoms with E-state index >= 15 is 0 Å². The Balaban J connectivity index is 1.61. The fraction of sp³-hybridized carbons (Fsp3) is 0.526. The van der Waals surface area contributed by atoms with Crippen LogP contribution in [0.5, 0.6) is 11.5 Å². The number of rotatable bonds is 6. The molecule has 8 heteroatoms. The number of ether oxygens (including phenoxy) is 2. The van der Waals surface area contributed by atoms with E-state index in [2.05, 4.69) is 10.2 Å². The molecule has 0 spiro atoms. The summed E-state index contributed by atoms with van der Waals surface area (Å²) in [7, 11) is 3.17. The molecule has 0 bridgehead atoms. The van der Waals surface area contributed by atoms with Crippen LogP contribution < -0.4 is 9.47 Å². The van der Waals surface area contributed by atoms with Crippen LogP contribution in [0.4, 0.5) is 0 Å². The first kappa shape index (κ1) is 19.5. The fourth-order valence-electron chi connectivity index (χ4n) is 3.03. The largest absolute Gasteiger partial charge is 0.497 e. The minimum absolute atomic E-state index is 0.129. The summed E-state index contributed by atoms with van der Waals surface area (Å²) in [6, 6.07) is 5.38. The van der Waals surface area contributed by atoms with E-state index in [0.29, 0.717) is 33.9 Å². The van der Waals surface area contributed by atoms with E-state index in [4.69, 9.17) is 13.9 Å². The number of thioether (sulfide) groups is 1. The third-order valence-corrected chi connectivity index (χ3v) is 5.34. The first-order chi connectivity index (χ1) is 13.2. The molecule has 1 aromatic carbocycles. The van der Waals surface area contributed by atoms with Crippen LogP contribution in [0.2, 0.25) is 0 Å². The maximum Gasteiger partial charge on any atom is 0.277 e. The molecule has 0 unspecified atom stereocenters. The van der Waals surface area contributed by atoms with Crippen molar-refractivity contribution in [3.63, 3.8) is 0 Å². The van der Waals surface area contributed by atoms with Gasteiger partial charge in [-0.25, -0.2) is 0 Å². The highest BCUT2D eigenvalue weighted by Crippen LogP contribution is 2.30. The molecule has 0 atom stereocenters. The third kappa shape index (κ3) is 5.38. The Morgan fingerprint density at radius 2 is 1.67 bits per heavy atom. The van der Waals surface area contributed by atoms with Gasteiger partial charge in [0.2, 0.25) is 11.8 Å². The Bertz CT molecular complexity index is 735.